The first-order chi connectivity index (χ1) is 12.5. The fraction of sp³-hybridized carbons (Fsp3) is 0.0526. The zero-order chi connectivity index (χ0) is 18.5. The fourth-order valence-electron chi connectivity index (χ4n) is 2.29. The molecule has 0 spiro atoms. The molecular weight excluding hydrogens is 352 g/mol. The lowest BCUT2D eigenvalue weighted by molar-refractivity contribution is -0.114. The van der Waals surface area contributed by atoms with Gasteiger partial charge in [-0.05, 0) is 36.4 Å². The average molecular weight is 367 g/mol. The third-order valence-electron chi connectivity index (χ3n) is 3.42. The van der Waals surface area contributed by atoms with Crippen molar-refractivity contribution in [3.63, 3.8) is 0 Å². The summed E-state index contributed by atoms with van der Waals surface area (Å²) >= 11 is 6.09. The molecule has 2 aromatic carbocycles. The van der Waals surface area contributed by atoms with E-state index >= 15 is 0 Å². The Morgan fingerprint density at radius 2 is 1.85 bits per heavy atom. The van der Waals surface area contributed by atoms with Gasteiger partial charge in [-0.2, -0.15) is 0 Å². The number of fused-ring (bicyclic) bond motifs is 1. The first-order valence-corrected chi connectivity index (χ1v) is 8.17. The summed E-state index contributed by atoms with van der Waals surface area (Å²) in [4.78, 5) is 32.0. The maximum Gasteiger partial charge on any atom is 0.248 e. The molecule has 6 nitrogen and oxygen atoms in total. The summed E-state index contributed by atoms with van der Waals surface area (Å²) in [6, 6.07) is 12.3. The van der Waals surface area contributed by atoms with Gasteiger partial charge in [-0.3, -0.25) is 14.6 Å². The van der Waals surface area contributed by atoms with E-state index < -0.39 is 0 Å². The number of hydrogen-bond acceptors (Lipinski definition) is 4. The molecule has 1 aromatic heterocycles. The summed E-state index contributed by atoms with van der Waals surface area (Å²) in [5.74, 6) is -0.582. The summed E-state index contributed by atoms with van der Waals surface area (Å²) in [7, 11) is 0. The van der Waals surface area contributed by atoms with Crippen molar-refractivity contribution >= 4 is 51.9 Å². The quantitative estimate of drug-likeness (QED) is 0.686. The Morgan fingerprint density at radius 1 is 1.08 bits per heavy atom. The number of aromatic nitrogens is 2. The number of halogens is 1. The van der Waals surface area contributed by atoms with Crippen molar-refractivity contribution in [2.24, 2.45) is 0 Å². The van der Waals surface area contributed by atoms with E-state index in [1.807, 2.05) is 24.3 Å². The van der Waals surface area contributed by atoms with E-state index in [-0.39, 0.29) is 11.8 Å². The normalized spacial score (nSPS) is 10.8. The lowest BCUT2D eigenvalue weighted by atomic mass is 10.2. The highest BCUT2D eigenvalue weighted by Crippen LogP contribution is 2.25. The number of benzene rings is 2. The largest absolute Gasteiger partial charge is 0.326 e. The number of rotatable bonds is 4. The molecule has 0 aliphatic rings. The Morgan fingerprint density at radius 3 is 2.62 bits per heavy atom. The molecule has 0 atom stereocenters. The molecule has 0 fully saturated rings. The molecule has 0 radical (unpaired) electrons. The third-order valence-corrected chi connectivity index (χ3v) is 3.75. The molecule has 0 saturated carbocycles. The second-order valence-electron chi connectivity index (χ2n) is 5.48. The molecule has 26 heavy (non-hydrogen) atoms. The van der Waals surface area contributed by atoms with Crippen LogP contribution in [0.2, 0.25) is 5.02 Å². The molecule has 0 unspecified atom stereocenters. The Hall–Kier alpha value is -3.25. The predicted molar refractivity (Wildman–Crippen MR) is 103 cm³/mol. The van der Waals surface area contributed by atoms with Gasteiger partial charge in [0.25, 0.3) is 0 Å². The molecule has 0 aliphatic heterocycles. The minimum absolute atomic E-state index is 0.209. The van der Waals surface area contributed by atoms with Gasteiger partial charge in [-0.25, -0.2) is 4.98 Å². The zero-order valence-electron chi connectivity index (χ0n) is 13.9. The fourth-order valence-corrected chi connectivity index (χ4v) is 2.45. The second-order valence-corrected chi connectivity index (χ2v) is 5.89. The van der Waals surface area contributed by atoms with Crippen molar-refractivity contribution in [2.75, 3.05) is 10.6 Å². The minimum atomic E-state index is -0.373. The van der Waals surface area contributed by atoms with Gasteiger partial charge in [0.05, 0.1) is 33.6 Å². The highest BCUT2D eigenvalue weighted by Gasteiger charge is 2.06. The van der Waals surface area contributed by atoms with Crippen LogP contribution in [0, 0.1) is 0 Å². The molecule has 1 heterocycles. The van der Waals surface area contributed by atoms with Gasteiger partial charge in [0.1, 0.15) is 0 Å². The van der Waals surface area contributed by atoms with Gasteiger partial charge in [-0.1, -0.05) is 23.7 Å². The topological polar surface area (TPSA) is 84.0 Å². The third kappa shape index (κ3) is 4.43. The van der Waals surface area contributed by atoms with E-state index in [0.717, 1.165) is 11.0 Å². The number of anilines is 2. The number of carbonyl (C=O) groups excluding carboxylic acids is 2. The van der Waals surface area contributed by atoms with Crippen LogP contribution in [0.15, 0.2) is 54.7 Å². The van der Waals surface area contributed by atoms with Crippen molar-refractivity contribution in [3.05, 3.63) is 65.5 Å². The highest BCUT2D eigenvalue weighted by molar-refractivity contribution is 6.34. The predicted octanol–water partition coefficient (Wildman–Crippen LogP) is 3.89. The van der Waals surface area contributed by atoms with Gasteiger partial charge < -0.3 is 10.6 Å². The Bertz CT molecular complexity index is 1020. The van der Waals surface area contributed by atoms with E-state index in [1.54, 1.807) is 30.5 Å². The van der Waals surface area contributed by atoms with Crippen LogP contribution in [-0.4, -0.2) is 21.8 Å². The molecule has 130 valence electrons. The molecule has 0 aliphatic carbocycles. The van der Waals surface area contributed by atoms with Gasteiger partial charge >= 0.3 is 0 Å². The van der Waals surface area contributed by atoms with Crippen LogP contribution in [0.3, 0.4) is 0 Å². The first-order valence-electron chi connectivity index (χ1n) is 7.79. The van der Waals surface area contributed by atoms with Crippen LogP contribution in [-0.2, 0) is 9.59 Å². The molecule has 3 rings (SSSR count). The molecule has 3 aromatic rings. The summed E-state index contributed by atoms with van der Waals surface area (Å²) in [5.41, 5.74) is 3.05. The van der Waals surface area contributed by atoms with Gasteiger partial charge in [0, 0.05) is 18.7 Å². The second kappa shape index (κ2) is 7.76. The lowest BCUT2D eigenvalue weighted by Gasteiger charge is -2.08. The smallest absolute Gasteiger partial charge is 0.248 e. The van der Waals surface area contributed by atoms with Crippen molar-refractivity contribution in [1.29, 1.82) is 0 Å². The van der Waals surface area contributed by atoms with E-state index in [9.17, 15) is 9.59 Å². The van der Waals surface area contributed by atoms with E-state index in [0.29, 0.717) is 22.1 Å². The van der Waals surface area contributed by atoms with Gasteiger partial charge in [0.15, 0.2) is 0 Å². The summed E-state index contributed by atoms with van der Waals surface area (Å²) in [6.45, 7) is 1.40. The SMILES string of the molecule is CC(=O)Nc1ccc(Cl)c(NC(=O)C=Cc2cnc3ccccc3n2)c1. The maximum atomic E-state index is 12.1. The van der Waals surface area contributed by atoms with Gasteiger partial charge in [-0.15, -0.1) is 0 Å². The number of nitrogens with zero attached hydrogens (tertiary/aromatic N) is 2. The summed E-state index contributed by atoms with van der Waals surface area (Å²) in [5, 5.41) is 5.68. The van der Waals surface area contributed by atoms with Crippen LogP contribution in [0.25, 0.3) is 17.1 Å². The molecular formula is C19H15ClN4O2. The molecule has 0 bridgehead atoms. The van der Waals surface area contributed by atoms with Crippen molar-refractivity contribution in [1.82, 2.24) is 9.97 Å². The van der Waals surface area contributed by atoms with Crippen molar-refractivity contribution in [3.8, 4) is 0 Å². The summed E-state index contributed by atoms with van der Waals surface area (Å²) in [6.07, 6.45) is 4.51. The van der Waals surface area contributed by atoms with E-state index in [2.05, 4.69) is 20.6 Å². The van der Waals surface area contributed by atoms with E-state index in [1.165, 1.54) is 13.0 Å². The minimum Gasteiger partial charge on any atom is -0.326 e. The lowest BCUT2D eigenvalue weighted by Crippen LogP contribution is -2.10. The van der Waals surface area contributed by atoms with Crippen LogP contribution in [0.5, 0.6) is 0 Å². The number of para-hydroxylation sites is 2. The van der Waals surface area contributed by atoms with Gasteiger partial charge in [0.2, 0.25) is 11.8 Å². The van der Waals surface area contributed by atoms with Crippen LogP contribution in [0.4, 0.5) is 11.4 Å². The van der Waals surface area contributed by atoms with Crippen LogP contribution >= 0.6 is 11.6 Å². The number of hydrogen-bond donors (Lipinski definition) is 2. The van der Waals surface area contributed by atoms with E-state index in [4.69, 9.17) is 11.6 Å². The monoisotopic (exact) mass is 366 g/mol. The highest BCUT2D eigenvalue weighted by atomic mass is 35.5. The average Bonchev–Trinajstić information content (AvgIpc) is 2.62. The first kappa shape index (κ1) is 17.6. The molecule has 0 saturated heterocycles. The van der Waals surface area contributed by atoms with Crippen molar-refractivity contribution in [2.45, 2.75) is 6.92 Å². The number of amides is 2. The molecule has 7 heteroatoms. The standard InChI is InChI=1S/C19H15ClN4O2/c1-12(25)22-13-6-8-15(20)18(10-13)24-19(26)9-7-14-11-21-16-4-2-3-5-17(16)23-14/h2-11H,1H3,(H,22,25)(H,24,26). The zero-order valence-corrected chi connectivity index (χ0v) is 14.6. The molecule has 2 N–H and O–H groups in total. The molecule has 2 amide bonds. The Labute approximate surface area is 154 Å². The Balaban J connectivity index is 1.73. The van der Waals surface area contributed by atoms with Crippen LogP contribution < -0.4 is 10.6 Å². The van der Waals surface area contributed by atoms with Crippen LogP contribution in [0.1, 0.15) is 12.6 Å². The number of nitrogens with one attached hydrogen (secondary N) is 2. The number of carbonyl (C=O) groups is 2. The maximum absolute atomic E-state index is 12.1. The Kier molecular flexibility index (Phi) is 5.24. The summed E-state index contributed by atoms with van der Waals surface area (Å²) < 4.78 is 0. The van der Waals surface area contributed by atoms with Crippen molar-refractivity contribution < 1.29 is 9.59 Å².